The number of thiazole rings is 1. The molecule has 8 heteroatoms. The van der Waals surface area contributed by atoms with Gasteiger partial charge >= 0.3 is 0 Å². The Morgan fingerprint density at radius 2 is 2.14 bits per heavy atom. The highest BCUT2D eigenvalue weighted by molar-refractivity contribution is 7.09. The van der Waals surface area contributed by atoms with Crippen molar-refractivity contribution in [3.05, 3.63) is 57.1 Å². The molecule has 0 amide bonds. The molecular formula is C21H20ClN5OS. The van der Waals surface area contributed by atoms with E-state index in [0.29, 0.717) is 22.4 Å². The van der Waals surface area contributed by atoms with Crippen molar-refractivity contribution >= 4 is 40.4 Å². The van der Waals surface area contributed by atoms with Gasteiger partial charge in [0.2, 0.25) is 5.95 Å². The monoisotopic (exact) mass is 425 g/mol. The van der Waals surface area contributed by atoms with Crippen LogP contribution in [-0.4, -0.2) is 26.6 Å². The van der Waals surface area contributed by atoms with E-state index in [2.05, 4.69) is 46.7 Å². The molecule has 0 aliphatic carbocycles. The molecule has 0 unspecified atom stereocenters. The summed E-state index contributed by atoms with van der Waals surface area (Å²) in [5.74, 6) is 6.75. The van der Waals surface area contributed by atoms with E-state index in [9.17, 15) is 5.11 Å². The average molecular weight is 426 g/mol. The third-order valence-corrected chi connectivity index (χ3v) is 6.12. The number of aliphatic hydroxyl groups is 1. The van der Waals surface area contributed by atoms with Gasteiger partial charge in [-0.25, -0.2) is 9.97 Å². The van der Waals surface area contributed by atoms with Gasteiger partial charge in [0, 0.05) is 34.8 Å². The fraction of sp³-hybridized carbons (Fsp3) is 0.286. The maximum atomic E-state index is 10.6. The lowest BCUT2D eigenvalue weighted by atomic mass is 9.86. The zero-order valence-corrected chi connectivity index (χ0v) is 17.8. The fourth-order valence-corrected chi connectivity index (χ4v) is 4.28. The van der Waals surface area contributed by atoms with Crippen molar-refractivity contribution in [3.8, 4) is 11.8 Å². The maximum absolute atomic E-state index is 10.6. The molecule has 6 nitrogen and oxygen atoms in total. The number of fused-ring (bicyclic) bond motifs is 1. The van der Waals surface area contributed by atoms with Gasteiger partial charge in [0.05, 0.1) is 6.20 Å². The van der Waals surface area contributed by atoms with Crippen LogP contribution in [0.1, 0.15) is 36.9 Å². The SMILES string of the molecule is CC1(C)CN(c2nc(N)ncc2Cl)c2cc(C#C[C@@](C)(O)c3nccs3)ccc21. The van der Waals surface area contributed by atoms with Crippen LogP contribution in [0, 0.1) is 11.8 Å². The number of hydrogen-bond donors (Lipinski definition) is 2. The molecular weight excluding hydrogens is 406 g/mol. The van der Waals surface area contributed by atoms with Crippen LogP contribution in [0.15, 0.2) is 36.0 Å². The van der Waals surface area contributed by atoms with Crippen molar-refractivity contribution in [1.29, 1.82) is 0 Å². The van der Waals surface area contributed by atoms with E-state index in [0.717, 1.165) is 11.3 Å². The number of nitrogen functional groups attached to an aromatic ring is 1. The molecule has 1 aromatic carbocycles. The van der Waals surface area contributed by atoms with Gasteiger partial charge in [-0.15, -0.1) is 11.3 Å². The van der Waals surface area contributed by atoms with E-state index in [4.69, 9.17) is 17.3 Å². The molecule has 0 bridgehead atoms. The predicted octanol–water partition coefficient (Wildman–Crippen LogP) is 3.86. The largest absolute Gasteiger partial charge is 0.371 e. The molecule has 29 heavy (non-hydrogen) atoms. The summed E-state index contributed by atoms with van der Waals surface area (Å²) in [5, 5.41) is 13.4. The minimum Gasteiger partial charge on any atom is -0.371 e. The first-order valence-electron chi connectivity index (χ1n) is 9.03. The summed E-state index contributed by atoms with van der Waals surface area (Å²) in [7, 11) is 0. The Hall–Kier alpha value is -2.66. The summed E-state index contributed by atoms with van der Waals surface area (Å²) >= 11 is 7.74. The average Bonchev–Trinajstić information content (AvgIpc) is 3.30. The van der Waals surface area contributed by atoms with Crippen LogP contribution in [0.25, 0.3) is 0 Å². The highest BCUT2D eigenvalue weighted by Crippen LogP contribution is 2.45. The van der Waals surface area contributed by atoms with Gasteiger partial charge < -0.3 is 15.7 Å². The number of halogens is 1. The van der Waals surface area contributed by atoms with E-state index >= 15 is 0 Å². The molecule has 1 atom stereocenters. The van der Waals surface area contributed by atoms with Gasteiger partial charge in [-0.05, 0) is 24.6 Å². The Bertz CT molecular complexity index is 1130. The third kappa shape index (κ3) is 3.67. The maximum Gasteiger partial charge on any atom is 0.222 e. The van der Waals surface area contributed by atoms with Crippen LogP contribution in [0.4, 0.5) is 17.5 Å². The van der Waals surface area contributed by atoms with Crippen LogP contribution in [0.2, 0.25) is 5.02 Å². The normalized spacial score (nSPS) is 16.7. The number of nitrogens with zero attached hydrogens (tertiary/aromatic N) is 4. The van der Waals surface area contributed by atoms with Gasteiger partial charge in [0.15, 0.2) is 11.4 Å². The molecule has 2 aromatic heterocycles. The van der Waals surface area contributed by atoms with Gasteiger partial charge in [0.1, 0.15) is 10.0 Å². The van der Waals surface area contributed by atoms with E-state index < -0.39 is 5.60 Å². The highest BCUT2D eigenvalue weighted by atomic mass is 35.5. The van der Waals surface area contributed by atoms with Crippen LogP contribution < -0.4 is 10.6 Å². The Morgan fingerprint density at radius 1 is 1.34 bits per heavy atom. The second kappa shape index (κ2) is 6.99. The molecule has 1 aliphatic heterocycles. The summed E-state index contributed by atoms with van der Waals surface area (Å²) < 4.78 is 0. The zero-order valence-electron chi connectivity index (χ0n) is 16.3. The van der Waals surface area contributed by atoms with Crippen LogP contribution in [0.3, 0.4) is 0 Å². The van der Waals surface area contributed by atoms with Gasteiger partial charge in [-0.3, -0.25) is 0 Å². The van der Waals surface area contributed by atoms with E-state index in [1.165, 1.54) is 23.1 Å². The standard InChI is InChI=1S/C21H20ClN5OS/c1-20(2)12-27(17-15(22)11-25-19(23)26-17)16-10-13(4-5-14(16)20)6-7-21(3,28)18-24-8-9-29-18/h4-5,8-11,28H,12H2,1-3H3,(H2,23,25,26)/t21-/m1/s1. The molecule has 0 saturated heterocycles. The Morgan fingerprint density at radius 3 is 2.86 bits per heavy atom. The zero-order chi connectivity index (χ0) is 20.8. The molecule has 3 N–H and O–H groups in total. The summed E-state index contributed by atoms with van der Waals surface area (Å²) in [5.41, 5.74) is 7.30. The Kier molecular flexibility index (Phi) is 4.74. The van der Waals surface area contributed by atoms with Crippen molar-refractivity contribution in [1.82, 2.24) is 15.0 Å². The molecule has 1 aliphatic rings. The molecule has 0 fully saturated rings. The first-order chi connectivity index (χ1) is 13.7. The van der Waals surface area contributed by atoms with E-state index in [1.807, 2.05) is 22.4 Å². The smallest absolute Gasteiger partial charge is 0.222 e. The van der Waals surface area contributed by atoms with Crippen LogP contribution in [0.5, 0.6) is 0 Å². The topological polar surface area (TPSA) is 88.2 Å². The van der Waals surface area contributed by atoms with Crippen LogP contribution >= 0.6 is 22.9 Å². The van der Waals surface area contributed by atoms with Crippen LogP contribution in [-0.2, 0) is 11.0 Å². The van der Waals surface area contributed by atoms with Gasteiger partial charge in [-0.2, -0.15) is 4.98 Å². The fourth-order valence-electron chi connectivity index (χ4n) is 3.43. The Balaban J connectivity index is 1.76. The number of nitrogens with two attached hydrogens (primary N) is 1. The summed E-state index contributed by atoms with van der Waals surface area (Å²) in [4.78, 5) is 14.5. The van der Waals surface area contributed by atoms with Crippen molar-refractivity contribution in [2.24, 2.45) is 0 Å². The molecule has 0 radical (unpaired) electrons. The number of benzene rings is 1. The third-order valence-electron chi connectivity index (χ3n) is 4.87. The van der Waals surface area contributed by atoms with Crippen molar-refractivity contribution < 1.29 is 5.11 Å². The van der Waals surface area contributed by atoms with Gasteiger partial charge in [0.25, 0.3) is 0 Å². The summed E-state index contributed by atoms with van der Waals surface area (Å²) in [6.07, 6.45) is 3.17. The van der Waals surface area contributed by atoms with E-state index in [1.54, 1.807) is 13.1 Å². The molecule has 0 saturated carbocycles. The van der Waals surface area contributed by atoms with Crippen molar-refractivity contribution in [2.75, 3.05) is 17.2 Å². The number of hydrogen-bond acceptors (Lipinski definition) is 7. The lowest BCUT2D eigenvalue weighted by Gasteiger charge is -2.22. The lowest BCUT2D eigenvalue weighted by Crippen LogP contribution is -2.26. The highest BCUT2D eigenvalue weighted by Gasteiger charge is 2.37. The number of rotatable bonds is 2. The molecule has 3 aromatic rings. The molecule has 3 heterocycles. The van der Waals surface area contributed by atoms with Crippen molar-refractivity contribution in [3.63, 3.8) is 0 Å². The molecule has 0 spiro atoms. The predicted molar refractivity (Wildman–Crippen MR) is 116 cm³/mol. The summed E-state index contributed by atoms with van der Waals surface area (Å²) in [6, 6.07) is 6.02. The number of aromatic nitrogens is 3. The second-order valence-corrected chi connectivity index (χ2v) is 9.06. The minimum absolute atomic E-state index is 0.100. The number of anilines is 3. The lowest BCUT2D eigenvalue weighted by molar-refractivity contribution is 0.122. The minimum atomic E-state index is -1.31. The Labute approximate surface area is 178 Å². The first-order valence-corrected chi connectivity index (χ1v) is 10.3. The van der Waals surface area contributed by atoms with Crippen molar-refractivity contribution in [2.45, 2.75) is 31.8 Å². The molecule has 4 rings (SSSR count). The van der Waals surface area contributed by atoms with E-state index in [-0.39, 0.29) is 11.4 Å². The second-order valence-electron chi connectivity index (χ2n) is 7.76. The molecule has 148 valence electrons. The summed E-state index contributed by atoms with van der Waals surface area (Å²) in [6.45, 7) is 6.68. The van der Waals surface area contributed by atoms with Gasteiger partial charge in [-0.1, -0.05) is 43.4 Å². The quantitative estimate of drug-likeness (QED) is 0.606. The first kappa shape index (κ1) is 19.6.